The van der Waals surface area contributed by atoms with Crippen LogP contribution in [-0.4, -0.2) is 61.3 Å². The minimum Gasteiger partial charge on any atom is -0.341 e. The van der Waals surface area contributed by atoms with Gasteiger partial charge in [0.2, 0.25) is 5.91 Å². The number of benzene rings is 1. The lowest BCUT2D eigenvalue weighted by molar-refractivity contribution is -0.138. The molecule has 0 bridgehead atoms. The number of likely N-dealkylation sites (tertiary alicyclic amines) is 2. The predicted octanol–water partition coefficient (Wildman–Crippen LogP) is 2.64. The Kier molecular flexibility index (Phi) is 6.35. The minimum absolute atomic E-state index is 0.174. The molecule has 1 amide bonds. The van der Waals surface area contributed by atoms with Gasteiger partial charge in [-0.25, -0.2) is 8.42 Å². The van der Waals surface area contributed by atoms with Gasteiger partial charge in [0.15, 0.2) is 9.84 Å². The minimum atomic E-state index is -3.00. The monoisotopic (exact) mass is 378 g/mol. The summed E-state index contributed by atoms with van der Waals surface area (Å²) < 4.78 is 24.4. The average molecular weight is 379 g/mol. The Morgan fingerprint density at radius 3 is 2.23 bits per heavy atom. The van der Waals surface area contributed by atoms with Crippen molar-refractivity contribution in [3.63, 3.8) is 0 Å². The molecule has 0 aliphatic carbocycles. The first-order valence-electron chi connectivity index (χ1n) is 9.82. The molecule has 3 rings (SSSR count). The summed E-state index contributed by atoms with van der Waals surface area (Å²) in [5.74, 6) is 0.375. The number of piperidine rings is 2. The smallest absolute Gasteiger partial charge is 0.244 e. The first-order chi connectivity index (χ1) is 12.5. The molecule has 2 aliphatic heterocycles. The summed E-state index contributed by atoms with van der Waals surface area (Å²) >= 11 is 0. The first kappa shape index (κ1) is 19.4. The van der Waals surface area contributed by atoms with Crippen molar-refractivity contribution in [2.75, 3.05) is 31.9 Å². The summed E-state index contributed by atoms with van der Waals surface area (Å²) in [5.41, 5.74) is 1.01. The molecule has 1 aromatic carbocycles. The van der Waals surface area contributed by atoms with Crippen molar-refractivity contribution < 1.29 is 13.2 Å². The van der Waals surface area contributed by atoms with Gasteiger partial charge in [0.1, 0.15) is 6.04 Å². The Bertz CT molecular complexity index is 691. The fraction of sp³-hybridized carbons (Fsp3) is 0.650. The van der Waals surface area contributed by atoms with Crippen molar-refractivity contribution in [1.29, 1.82) is 0 Å². The van der Waals surface area contributed by atoms with E-state index in [1.807, 2.05) is 35.2 Å². The lowest BCUT2D eigenvalue weighted by Gasteiger charge is -2.39. The Balaban J connectivity index is 1.77. The van der Waals surface area contributed by atoms with Crippen molar-refractivity contribution in [2.45, 2.75) is 50.3 Å². The van der Waals surface area contributed by atoms with Crippen molar-refractivity contribution in [3.8, 4) is 0 Å². The third-order valence-corrected chi connectivity index (χ3v) is 8.06. The number of rotatable bonds is 5. The van der Waals surface area contributed by atoms with E-state index in [2.05, 4.69) is 4.90 Å². The molecule has 1 atom stereocenters. The highest BCUT2D eigenvalue weighted by Crippen LogP contribution is 2.29. The molecule has 0 spiro atoms. The van der Waals surface area contributed by atoms with Crippen LogP contribution in [0.4, 0.5) is 0 Å². The molecule has 0 N–H and O–H groups in total. The summed E-state index contributed by atoms with van der Waals surface area (Å²) in [6.07, 6.45) is 4.58. The zero-order valence-electron chi connectivity index (χ0n) is 15.6. The average Bonchev–Trinajstić information content (AvgIpc) is 2.70. The SMILES string of the molecule is CCS(=O)(=O)C1CCN(C(C(=O)N2CCCCC2)c2ccccc2)CC1. The van der Waals surface area contributed by atoms with Gasteiger partial charge in [-0.3, -0.25) is 9.69 Å². The van der Waals surface area contributed by atoms with Gasteiger partial charge in [0, 0.05) is 31.9 Å². The third kappa shape index (κ3) is 4.29. The van der Waals surface area contributed by atoms with E-state index in [9.17, 15) is 13.2 Å². The third-order valence-electron chi connectivity index (χ3n) is 5.77. The Labute approximate surface area is 157 Å². The van der Waals surface area contributed by atoms with Gasteiger partial charge >= 0.3 is 0 Å². The van der Waals surface area contributed by atoms with Crippen LogP contribution in [0.2, 0.25) is 0 Å². The Morgan fingerprint density at radius 1 is 1.04 bits per heavy atom. The molecule has 5 nitrogen and oxygen atoms in total. The highest BCUT2D eigenvalue weighted by Gasteiger charge is 2.36. The quantitative estimate of drug-likeness (QED) is 0.790. The van der Waals surface area contributed by atoms with Crippen LogP contribution in [0.1, 0.15) is 50.6 Å². The molecule has 1 unspecified atom stereocenters. The lowest BCUT2D eigenvalue weighted by Crippen LogP contribution is -2.48. The molecule has 0 saturated carbocycles. The second kappa shape index (κ2) is 8.53. The summed E-state index contributed by atoms with van der Waals surface area (Å²) in [6, 6.07) is 9.65. The second-order valence-electron chi connectivity index (χ2n) is 7.39. The maximum Gasteiger partial charge on any atom is 0.244 e. The normalized spacial score (nSPS) is 21.5. The number of carbonyl (C=O) groups excluding carboxylic acids is 1. The highest BCUT2D eigenvalue weighted by molar-refractivity contribution is 7.92. The molecular formula is C20H30N2O3S. The van der Waals surface area contributed by atoms with Crippen LogP contribution in [0.5, 0.6) is 0 Å². The lowest BCUT2D eigenvalue weighted by atomic mass is 9.99. The van der Waals surface area contributed by atoms with Crippen molar-refractivity contribution in [1.82, 2.24) is 9.80 Å². The predicted molar refractivity (Wildman–Crippen MR) is 104 cm³/mol. The number of carbonyl (C=O) groups is 1. The van der Waals surface area contributed by atoms with Gasteiger partial charge in [0.25, 0.3) is 0 Å². The molecule has 0 aromatic heterocycles. The van der Waals surface area contributed by atoms with E-state index in [-0.39, 0.29) is 23.0 Å². The second-order valence-corrected chi connectivity index (χ2v) is 9.96. The summed E-state index contributed by atoms with van der Waals surface area (Å²) in [4.78, 5) is 17.5. The fourth-order valence-corrected chi connectivity index (χ4v) is 5.56. The summed E-state index contributed by atoms with van der Waals surface area (Å²) in [6.45, 7) is 4.70. The molecule has 26 heavy (non-hydrogen) atoms. The molecule has 1 aromatic rings. The standard InChI is InChI=1S/C20H30N2O3S/c1-2-26(24,25)18-11-15-21(16-12-18)19(17-9-5-3-6-10-17)20(23)22-13-7-4-8-14-22/h3,5-6,9-10,18-19H,2,4,7-8,11-16H2,1H3. The molecule has 2 saturated heterocycles. The molecular weight excluding hydrogens is 348 g/mol. The number of hydrogen-bond acceptors (Lipinski definition) is 4. The van der Waals surface area contributed by atoms with Crippen LogP contribution in [0.3, 0.4) is 0 Å². The first-order valence-corrected chi connectivity index (χ1v) is 11.5. The van der Waals surface area contributed by atoms with Crippen LogP contribution in [0.25, 0.3) is 0 Å². The molecule has 2 aliphatic rings. The largest absolute Gasteiger partial charge is 0.341 e. The maximum absolute atomic E-state index is 13.3. The molecule has 2 heterocycles. The van der Waals surface area contributed by atoms with Crippen molar-refractivity contribution >= 4 is 15.7 Å². The zero-order chi connectivity index (χ0) is 18.6. The number of hydrogen-bond donors (Lipinski definition) is 0. The number of sulfone groups is 1. The van der Waals surface area contributed by atoms with Gasteiger partial charge in [-0.1, -0.05) is 37.3 Å². The van der Waals surface area contributed by atoms with Crippen LogP contribution in [-0.2, 0) is 14.6 Å². The Morgan fingerprint density at radius 2 is 1.65 bits per heavy atom. The van der Waals surface area contributed by atoms with Crippen molar-refractivity contribution in [2.24, 2.45) is 0 Å². The topological polar surface area (TPSA) is 57.7 Å². The van der Waals surface area contributed by atoms with E-state index in [1.165, 1.54) is 6.42 Å². The van der Waals surface area contributed by atoms with E-state index in [1.54, 1.807) is 6.92 Å². The maximum atomic E-state index is 13.3. The molecule has 6 heteroatoms. The number of amides is 1. The van der Waals surface area contributed by atoms with E-state index in [0.29, 0.717) is 25.9 Å². The van der Waals surface area contributed by atoms with Gasteiger partial charge in [-0.15, -0.1) is 0 Å². The zero-order valence-corrected chi connectivity index (χ0v) is 16.5. The molecule has 144 valence electrons. The van der Waals surface area contributed by atoms with E-state index < -0.39 is 9.84 Å². The van der Waals surface area contributed by atoms with E-state index >= 15 is 0 Å². The van der Waals surface area contributed by atoms with E-state index in [0.717, 1.165) is 31.5 Å². The van der Waals surface area contributed by atoms with Gasteiger partial charge in [-0.05, 0) is 37.7 Å². The summed E-state index contributed by atoms with van der Waals surface area (Å²) in [5, 5.41) is -0.259. The van der Waals surface area contributed by atoms with Crippen LogP contribution in [0, 0.1) is 0 Å². The molecule has 2 fully saturated rings. The van der Waals surface area contributed by atoms with Gasteiger partial charge in [0.05, 0.1) is 5.25 Å². The van der Waals surface area contributed by atoms with Gasteiger partial charge in [-0.2, -0.15) is 0 Å². The number of nitrogens with zero attached hydrogens (tertiary/aromatic N) is 2. The van der Waals surface area contributed by atoms with Gasteiger partial charge < -0.3 is 4.90 Å². The summed E-state index contributed by atoms with van der Waals surface area (Å²) in [7, 11) is -3.00. The van der Waals surface area contributed by atoms with Crippen LogP contribution in [0.15, 0.2) is 30.3 Å². The fourth-order valence-electron chi connectivity index (χ4n) is 4.16. The van der Waals surface area contributed by atoms with Crippen LogP contribution >= 0.6 is 0 Å². The van der Waals surface area contributed by atoms with Crippen LogP contribution < -0.4 is 0 Å². The highest BCUT2D eigenvalue weighted by atomic mass is 32.2. The Hall–Kier alpha value is -1.40. The van der Waals surface area contributed by atoms with E-state index in [4.69, 9.17) is 0 Å². The molecule has 0 radical (unpaired) electrons. The van der Waals surface area contributed by atoms with Crippen molar-refractivity contribution in [3.05, 3.63) is 35.9 Å².